The second-order valence-corrected chi connectivity index (χ2v) is 4.58. The molecule has 0 radical (unpaired) electrons. The number of benzene rings is 2. The number of aliphatic hydroxyl groups is 1. The third-order valence-electron chi connectivity index (χ3n) is 2.84. The minimum Gasteiger partial charge on any atom is -0.491 e. The first-order valence-electron chi connectivity index (χ1n) is 5.94. The number of ether oxygens (including phenoxy) is 1. The molecule has 2 nitrogen and oxygen atoms in total. The smallest absolute Gasteiger partial charge is 0.137 e. The van der Waals surface area contributed by atoms with Crippen LogP contribution in [0.25, 0.3) is 0 Å². The van der Waals surface area contributed by atoms with E-state index in [-0.39, 0.29) is 24.9 Å². The SMILES string of the molecule is OCC(COc1ccccc1Cl)c1ccc(F)cc1. The predicted molar refractivity (Wildman–Crippen MR) is 73.2 cm³/mol. The summed E-state index contributed by atoms with van der Waals surface area (Å²) in [6.07, 6.45) is 0. The minimum atomic E-state index is -0.299. The van der Waals surface area contributed by atoms with Gasteiger partial charge in [-0.3, -0.25) is 0 Å². The van der Waals surface area contributed by atoms with E-state index in [1.807, 2.05) is 12.1 Å². The van der Waals surface area contributed by atoms with Gasteiger partial charge in [-0.1, -0.05) is 35.9 Å². The Balaban J connectivity index is 2.04. The molecule has 4 heteroatoms. The standard InChI is InChI=1S/C15H14ClFO2/c16-14-3-1-2-4-15(14)19-10-12(9-18)11-5-7-13(17)8-6-11/h1-8,12,18H,9-10H2. The van der Waals surface area contributed by atoms with Crippen molar-refractivity contribution in [2.45, 2.75) is 5.92 Å². The van der Waals surface area contributed by atoms with Crippen molar-refractivity contribution in [3.05, 3.63) is 64.9 Å². The zero-order valence-corrected chi connectivity index (χ0v) is 11.0. The lowest BCUT2D eigenvalue weighted by molar-refractivity contribution is 0.205. The normalized spacial score (nSPS) is 12.2. The number of halogens is 2. The highest BCUT2D eigenvalue weighted by Crippen LogP contribution is 2.25. The number of para-hydroxylation sites is 1. The molecule has 0 fully saturated rings. The highest BCUT2D eigenvalue weighted by Gasteiger charge is 2.12. The number of rotatable bonds is 5. The summed E-state index contributed by atoms with van der Waals surface area (Å²) >= 11 is 5.98. The van der Waals surface area contributed by atoms with E-state index in [1.165, 1.54) is 12.1 Å². The lowest BCUT2D eigenvalue weighted by atomic mass is 10.0. The van der Waals surface area contributed by atoms with Gasteiger partial charge in [-0.15, -0.1) is 0 Å². The first kappa shape index (κ1) is 13.8. The van der Waals surface area contributed by atoms with E-state index in [4.69, 9.17) is 16.3 Å². The van der Waals surface area contributed by atoms with Gasteiger partial charge in [0, 0.05) is 5.92 Å². The monoisotopic (exact) mass is 280 g/mol. The Bertz CT molecular complexity index is 528. The topological polar surface area (TPSA) is 29.5 Å². The zero-order valence-electron chi connectivity index (χ0n) is 10.2. The van der Waals surface area contributed by atoms with Crippen LogP contribution in [0.5, 0.6) is 5.75 Å². The fraction of sp³-hybridized carbons (Fsp3) is 0.200. The predicted octanol–water partition coefficient (Wildman–Crippen LogP) is 3.63. The van der Waals surface area contributed by atoms with Crippen molar-refractivity contribution in [1.82, 2.24) is 0 Å². The molecule has 0 saturated heterocycles. The van der Waals surface area contributed by atoms with Gasteiger partial charge < -0.3 is 9.84 Å². The van der Waals surface area contributed by atoms with E-state index in [1.54, 1.807) is 24.3 Å². The Morgan fingerprint density at radius 1 is 1.11 bits per heavy atom. The molecule has 0 heterocycles. The number of hydrogen-bond donors (Lipinski definition) is 1. The van der Waals surface area contributed by atoms with Crippen molar-refractivity contribution < 1.29 is 14.2 Å². The fourth-order valence-corrected chi connectivity index (χ4v) is 1.93. The van der Waals surface area contributed by atoms with Crippen LogP contribution in [-0.4, -0.2) is 18.3 Å². The van der Waals surface area contributed by atoms with Crippen LogP contribution in [-0.2, 0) is 0 Å². The van der Waals surface area contributed by atoms with Crippen LogP contribution in [0.2, 0.25) is 5.02 Å². The molecule has 0 aliphatic carbocycles. The first-order chi connectivity index (χ1) is 9.20. The van der Waals surface area contributed by atoms with Gasteiger partial charge in [0.25, 0.3) is 0 Å². The number of aliphatic hydroxyl groups excluding tert-OH is 1. The lowest BCUT2D eigenvalue weighted by Gasteiger charge is -2.16. The van der Waals surface area contributed by atoms with Gasteiger partial charge in [0.2, 0.25) is 0 Å². The summed E-state index contributed by atoms with van der Waals surface area (Å²) in [5.41, 5.74) is 0.830. The third kappa shape index (κ3) is 3.69. The molecule has 2 aromatic carbocycles. The van der Waals surface area contributed by atoms with Crippen molar-refractivity contribution in [2.24, 2.45) is 0 Å². The summed E-state index contributed by atoms with van der Waals surface area (Å²) in [5.74, 6) is 0.0639. The van der Waals surface area contributed by atoms with Crippen molar-refractivity contribution in [3.8, 4) is 5.75 Å². The van der Waals surface area contributed by atoms with Crippen LogP contribution in [0.1, 0.15) is 11.5 Å². The molecule has 2 aromatic rings. The molecule has 0 aliphatic rings. The van der Waals surface area contributed by atoms with Crippen LogP contribution in [0.4, 0.5) is 4.39 Å². The average Bonchev–Trinajstić information content (AvgIpc) is 2.43. The molecule has 0 aliphatic heterocycles. The quantitative estimate of drug-likeness (QED) is 0.906. The van der Waals surface area contributed by atoms with Gasteiger partial charge in [-0.05, 0) is 29.8 Å². The van der Waals surface area contributed by atoms with E-state index >= 15 is 0 Å². The molecule has 19 heavy (non-hydrogen) atoms. The maximum absolute atomic E-state index is 12.8. The van der Waals surface area contributed by atoms with Gasteiger partial charge >= 0.3 is 0 Å². The highest BCUT2D eigenvalue weighted by atomic mass is 35.5. The average molecular weight is 281 g/mol. The maximum Gasteiger partial charge on any atom is 0.137 e. The Hall–Kier alpha value is -1.58. The summed E-state index contributed by atoms with van der Waals surface area (Å²) in [5, 5.41) is 9.92. The van der Waals surface area contributed by atoms with E-state index < -0.39 is 0 Å². The fourth-order valence-electron chi connectivity index (χ4n) is 1.74. The van der Waals surface area contributed by atoms with Gasteiger partial charge in [0.1, 0.15) is 11.6 Å². The summed E-state index contributed by atoms with van der Waals surface area (Å²) in [4.78, 5) is 0. The van der Waals surface area contributed by atoms with Crippen molar-refractivity contribution in [2.75, 3.05) is 13.2 Å². The molecule has 1 atom stereocenters. The molecule has 0 amide bonds. The van der Waals surface area contributed by atoms with Gasteiger partial charge in [0.05, 0.1) is 18.2 Å². The van der Waals surface area contributed by atoms with E-state index in [0.717, 1.165) is 5.56 Å². The Labute approximate surface area is 116 Å². The first-order valence-corrected chi connectivity index (χ1v) is 6.32. The van der Waals surface area contributed by atoms with Gasteiger partial charge in [0.15, 0.2) is 0 Å². The van der Waals surface area contributed by atoms with Crippen molar-refractivity contribution >= 4 is 11.6 Å². The van der Waals surface area contributed by atoms with E-state index in [9.17, 15) is 9.50 Å². The lowest BCUT2D eigenvalue weighted by Crippen LogP contribution is -2.14. The van der Waals surface area contributed by atoms with Crippen LogP contribution in [0, 0.1) is 5.82 Å². The van der Waals surface area contributed by atoms with Gasteiger partial charge in [-0.25, -0.2) is 4.39 Å². The van der Waals surface area contributed by atoms with Gasteiger partial charge in [-0.2, -0.15) is 0 Å². The molecule has 100 valence electrons. The summed E-state index contributed by atoms with van der Waals surface area (Å²) < 4.78 is 18.4. The summed E-state index contributed by atoms with van der Waals surface area (Å²) in [6.45, 7) is 0.210. The Morgan fingerprint density at radius 3 is 2.42 bits per heavy atom. The molecule has 0 spiro atoms. The van der Waals surface area contributed by atoms with Crippen LogP contribution in [0.15, 0.2) is 48.5 Å². The molecule has 1 N–H and O–H groups in total. The van der Waals surface area contributed by atoms with Crippen molar-refractivity contribution in [1.29, 1.82) is 0 Å². The molecule has 2 rings (SSSR count). The van der Waals surface area contributed by atoms with Crippen LogP contribution >= 0.6 is 11.6 Å². The van der Waals surface area contributed by atoms with Crippen molar-refractivity contribution in [3.63, 3.8) is 0 Å². The van der Waals surface area contributed by atoms with E-state index in [2.05, 4.69) is 0 Å². The number of hydrogen-bond acceptors (Lipinski definition) is 2. The van der Waals surface area contributed by atoms with Crippen LogP contribution < -0.4 is 4.74 Å². The summed E-state index contributed by atoms with van der Waals surface area (Å²) in [6, 6.07) is 13.2. The Kier molecular flexibility index (Phi) is 4.77. The molecule has 0 saturated carbocycles. The summed E-state index contributed by atoms with van der Waals surface area (Å²) in [7, 11) is 0. The molecule has 0 bridgehead atoms. The second kappa shape index (κ2) is 6.55. The van der Waals surface area contributed by atoms with E-state index in [0.29, 0.717) is 10.8 Å². The highest BCUT2D eigenvalue weighted by molar-refractivity contribution is 6.32. The molecule has 0 aromatic heterocycles. The molecule has 1 unspecified atom stereocenters. The minimum absolute atomic E-state index is 0.0733. The molecular formula is C15H14ClFO2. The van der Waals surface area contributed by atoms with Crippen LogP contribution in [0.3, 0.4) is 0 Å². The largest absolute Gasteiger partial charge is 0.491 e. The third-order valence-corrected chi connectivity index (χ3v) is 3.15. The Morgan fingerprint density at radius 2 is 1.79 bits per heavy atom. The molecular weight excluding hydrogens is 267 g/mol. The second-order valence-electron chi connectivity index (χ2n) is 4.17. The maximum atomic E-state index is 12.8. The zero-order chi connectivity index (χ0) is 13.7.